The van der Waals surface area contributed by atoms with Gasteiger partial charge in [-0.15, -0.1) is 0 Å². The molecule has 0 amide bonds. The van der Waals surface area contributed by atoms with Crippen molar-refractivity contribution in [1.29, 1.82) is 0 Å². The van der Waals surface area contributed by atoms with E-state index in [1.165, 1.54) is 18.2 Å². The zero-order valence-corrected chi connectivity index (χ0v) is 11.6. The Bertz CT molecular complexity index is 726. The van der Waals surface area contributed by atoms with E-state index in [9.17, 15) is 14.9 Å². The monoisotopic (exact) mass is 286 g/mol. The summed E-state index contributed by atoms with van der Waals surface area (Å²) in [7, 11) is 0. The van der Waals surface area contributed by atoms with Crippen LogP contribution < -0.4 is 5.32 Å². The van der Waals surface area contributed by atoms with Gasteiger partial charge in [-0.25, -0.2) is 4.79 Å². The van der Waals surface area contributed by atoms with Gasteiger partial charge in [0, 0.05) is 5.69 Å². The highest BCUT2D eigenvalue weighted by Gasteiger charge is 2.24. The molecule has 21 heavy (non-hydrogen) atoms. The molecular formula is C15H14N2O4. The zero-order valence-electron chi connectivity index (χ0n) is 11.6. The van der Waals surface area contributed by atoms with Gasteiger partial charge in [-0.3, -0.25) is 10.1 Å². The first-order chi connectivity index (χ1) is 9.90. The van der Waals surface area contributed by atoms with Crippen molar-refractivity contribution in [1.82, 2.24) is 0 Å². The third-order valence-electron chi connectivity index (χ3n) is 3.11. The van der Waals surface area contributed by atoms with Crippen LogP contribution in [0.25, 0.3) is 0 Å². The number of carboxylic acids is 1. The number of nitro groups is 1. The lowest BCUT2D eigenvalue weighted by Gasteiger charge is -2.11. The Morgan fingerprint density at radius 1 is 1.19 bits per heavy atom. The molecule has 0 aliphatic carbocycles. The van der Waals surface area contributed by atoms with E-state index in [0.717, 1.165) is 11.1 Å². The van der Waals surface area contributed by atoms with E-state index < -0.39 is 16.6 Å². The Kier molecular flexibility index (Phi) is 3.89. The minimum Gasteiger partial charge on any atom is -0.477 e. The van der Waals surface area contributed by atoms with E-state index in [-0.39, 0.29) is 11.3 Å². The van der Waals surface area contributed by atoms with Crippen molar-refractivity contribution >= 4 is 23.0 Å². The third kappa shape index (κ3) is 3.00. The molecule has 2 aromatic carbocycles. The maximum absolute atomic E-state index is 11.2. The maximum Gasteiger partial charge on any atom is 0.342 e. The molecule has 0 saturated heterocycles. The van der Waals surface area contributed by atoms with Crippen molar-refractivity contribution < 1.29 is 14.8 Å². The molecule has 108 valence electrons. The number of hydrogen-bond acceptors (Lipinski definition) is 4. The van der Waals surface area contributed by atoms with Crippen LogP contribution in [0, 0.1) is 24.0 Å². The molecule has 0 fully saturated rings. The Labute approximate surface area is 121 Å². The predicted molar refractivity (Wildman–Crippen MR) is 79.3 cm³/mol. The fourth-order valence-electron chi connectivity index (χ4n) is 2.03. The van der Waals surface area contributed by atoms with Crippen molar-refractivity contribution in [3.63, 3.8) is 0 Å². The fourth-order valence-corrected chi connectivity index (χ4v) is 2.03. The molecule has 0 unspecified atom stereocenters. The van der Waals surface area contributed by atoms with Crippen molar-refractivity contribution in [2.75, 3.05) is 5.32 Å². The molecule has 0 heterocycles. The molecule has 0 saturated carbocycles. The van der Waals surface area contributed by atoms with Crippen LogP contribution in [-0.2, 0) is 0 Å². The maximum atomic E-state index is 11.2. The number of rotatable bonds is 4. The second kappa shape index (κ2) is 5.62. The van der Waals surface area contributed by atoms with Gasteiger partial charge < -0.3 is 10.4 Å². The molecule has 2 N–H and O–H groups in total. The molecule has 6 heteroatoms. The molecule has 0 aliphatic heterocycles. The number of nitrogens with one attached hydrogen (secondary N) is 1. The van der Waals surface area contributed by atoms with Gasteiger partial charge >= 0.3 is 11.7 Å². The minimum absolute atomic E-state index is 0.161. The number of para-hydroxylation sites is 1. The van der Waals surface area contributed by atoms with Crippen LogP contribution in [0.5, 0.6) is 0 Å². The molecule has 0 aliphatic rings. The Morgan fingerprint density at radius 3 is 2.52 bits per heavy atom. The van der Waals surface area contributed by atoms with Crippen LogP contribution in [-0.4, -0.2) is 16.0 Å². The van der Waals surface area contributed by atoms with Crippen LogP contribution in [0.4, 0.5) is 17.1 Å². The first-order valence-electron chi connectivity index (χ1n) is 6.25. The van der Waals surface area contributed by atoms with Gasteiger partial charge in [-0.2, -0.15) is 0 Å². The molecule has 2 rings (SSSR count). The molecule has 2 aromatic rings. The van der Waals surface area contributed by atoms with E-state index in [0.29, 0.717) is 5.69 Å². The molecular weight excluding hydrogens is 272 g/mol. The van der Waals surface area contributed by atoms with E-state index in [1.807, 2.05) is 32.0 Å². The van der Waals surface area contributed by atoms with Gasteiger partial charge in [0.15, 0.2) is 0 Å². The summed E-state index contributed by atoms with van der Waals surface area (Å²) >= 11 is 0. The number of nitro benzene ring substituents is 1. The summed E-state index contributed by atoms with van der Waals surface area (Å²) in [5.74, 6) is -1.33. The Morgan fingerprint density at radius 2 is 1.90 bits per heavy atom. The summed E-state index contributed by atoms with van der Waals surface area (Å²) in [6.45, 7) is 3.78. The Hall–Kier alpha value is -2.89. The highest BCUT2D eigenvalue weighted by molar-refractivity contribution is 5.96. The average molecular weight is 286 g/mol. The highest BCUT2D eigenvalue weighted by atomic mass is 16.6. The van der Waals surface area contributed by atoms with Gasteiger partial charge in [-0.05, 0) is 43.2 Å². The summed E-state index contributed by atoms with van der Waals surface area (Å²) in [6.07, 6.45) is 0. The van der Waals surface area contributed by atoms with Gasteiger partial charge in [-0.1, -0.05) is 18.2 Å². The normalized spacial score (nSPS) is 10.2. The van der Waals surface area contributed by atoms with Gasteiger partial charge in [0.2, 0.25) is 0 Å². The third-order valence-corrected chi connectivity index (χ3v) is 3.11. The van der Waals surface area contributed by atoms with Crippen LogP contribution in [0.1, 0.15) is 21.5 Å². The number of carbonyl (C=O) groups is 1. The van der Waals surface area contributed by atoms with Crippen LogP contribution >= 0.6 is 0 Å². The smallest absolute Gasteiger partial charge is 0.342 e. The summed E-state index contributed by atoms with van der Waals surface area (Å²) in [6, 6.07) is 9.87. The lowest BCUT2D eigenvalue weighted by atomic mass is 10.1. The van der Waals surface area contributed by atoms with Gasteiger partial charge in [0.25, 0.3) is 0 Å². The van der Waals surface area contributed by atoms with Crippen molar-refractivity contribution in [2.24, 2.45) is 0 Å². The largest absolute Gasteiger partial charge is 0.477 e. The van der Waals surface area contributed by atoms with Gasteiger partial charge in [0.05, 0.1) is 4.92 Å². The molecule has 0 spiro atoms. The van der Waals surface area contributed by atoms with Crippen molar-refractivity contribution in [2.45, 2.75) is 13.8 Å². The lowest BCUT2D eigenvalue weighted by molar-refractivity contribution is -0.384. The van der Waals surface area contributed by atoms with Crippen molar-refractivity contribution in [3.05, 3.63) is 63.2 Å². The molecule has 0 radical (unpaired) electrons. The quantitative estimate of drug-likeness (QED) is 0.661. The Balaban J connectivity index is 2.54. The number of benzene rings is 2. The SMILES string of the molecule is Cc1ccc(C)c(Nc2cccc(C(=O)O)c2[N+](=O)[O-])c1. The van der Waals surface area contributed by atoms with E-state index in [2.05, 4.69) is 5.32 Å². The van der Waals surface area contributed by atoms with E-state index in [4.69, 9.17) is 5.11 Å². The minimum atomic E-state index is -1.33. The van der Waals surface area contributed by atoms with Crippen LogP contribution in [0.2, 0.25) is 0 Å². The first kappa shape index (κ1) is 14.5. The summed E-state index contributed by atoms with van der Waals surface area (Å²) in [4.78, 5) is 21.6. The number of hydrogen-bond donors (Lipinski definition) is 2. The van der Waals surface area contributed by atoms with Crippen LogP contribution in [0.3, 0.4) is 0 Å². The standard InChI is InChI=1S/C15H14N2O4/c1-9-6-7-10(2)13(8-9)16-12-5-3-4-11(15(18)19)14(12)17(20)21/h3-8,16H,1-2H3,(H,18,19). The van der Waals surface area contributed by atoms with E-state index >= 15 is 0 Å². The van der Waals surface area contributed by atoms with E-state index in [1.54, 1.807) is 0 Å². The molecule has 0 atom stereocenters. The number of carboxylic acid groups (broad SMARTS) is 1. The lowest BCUT2D eigenvalue weighted by Crippen LogP contribution is -2.06. The van der Waals surface area contributed by atoms with Crippen molar-refractivity contribution in [3.8, 4) is 0 Å². The highest BCUT2D eigenvalue weighted by Crippen LogP contribution is 2.32. The predicted octanol–water partition coefficient (Wildman–Crippen LogP) is 3.65. The second-order valence-corrected chi connectivity index (χ2v) is 4.71. The summed E-state index contributed by atoms with van der Waals surface area (Å²) in [5, 5.41) is 23.2. The molecule has 0 bridgehead atoms. The summed E-state index contributed by atoms with van der Waals surface area (Å²) in [5.41, 5.74) is 2.01. The van der Waals surface area contributed by atoms with Crippen LogP contribution in [0.15, 0.2) is 36.4 Å². The number of aryl methyl sites for hydroxylation is 2. The number of aromatic carboxylic acids is 1. The topological polar surface area (TPSA) is 92.5 Å². The fraction of sp³-hybridized carbons (Fsp3) is 0.133. The van der Waals surface area contributed by atoms with Gasteiger partial charge in [0.1, 0.15) is 11.3 Å². The molecule has 6 nitrogen and oxygen atoms in total. The number of nitrogens with zero attached hydrogens (tertiary/aromatic N) is 1. The molecule has 0 aromatic heterocycles. The first-order valence-corrected chi connectivity index (χ1v) is 6.25. The summed E-state index contributed by atoms with van der Waals surface area (Å²) < 4.78 is 0. The average Bonchev–Trinajstić information content (AvgIpc) is 2.42. The number of anilines is 2. The second-order valence-electron chi connectivity index (χ2n) is 4.71. The zero-order chi connectivity index (χ0) is 15.6.